The van der Waals surface area contributed by atoms with Gasteiger partial charge in [0.15, 0.2) is 0 Å². The standard InChI is InChI=1S/C13H16N4S2/c14-12-1-2-15-5-11(12)13-6-16-9-17(13)7-10-8-18-3-4-19-10/h1-2,5-6,9-10H,3-4,7-8H2,(H2,14,15). The average molecular weight is 292 g/mol. The monoisotopic (exact) mass is 292 g/mol. The van der Waals surface area contributed by atoms with Gasteiger partial charge in [-0.3, -0.25) is 4.98 Å². The quantitative estimate of drug-likeness (QED) is 0.941. The zero-order chi connectivity index (χ0) is 13.1. The Morgan fingerprint density at radius 2 is 2.26 bits per heavy atom. The first kappa shape index (κ1) is 12.9. The van der Waals surface area contributed by atoms with E-state index in [4.69, 9.17) is 5.73 Å². The Bertz CT molecular complexity index is 549. The number of hydrogen-bond acceptors (Lipinski definition) is 5. The summed E-state index contributed by atoms with van der Waals surface area (Å²) in [7, 11) is 0. The molecule has 4 nitrogen and oxygen atoms in total. The fourth-order valence-electron chi connectivity index (χ4n) is 2.17. The van der Waals surface area contributed by atoms with Crippen molar-refractivity contribution in [1.82, 2.24) is 14.5 Å². The van der Waals surface area contributed by atoms with E-state index in [1.807, 2.05) is 36.5 Å². The first-order chi connectivity index (χ1) is 9.34. The summed E-state index contributed by atoms with van der Waals surface area (Å²) in [5.74, 6) is 3.73. The molecule has 1 unspecified atom stereocenters. The zero-order valence-electron chi connectivity index (χ0n) is 10.5. The summed E-state index contributed by atoms with van der Waals surface area (Å²) >= 11 is 4.09. The molecule has 1 aliphatic rings. The lowest BCUT2D eigenvalue weighted by Crippen LogP contribution is -2.20. The molecule has 1 atom stereocenters. The first-order valence-corrected chi connectivity index (χ1v) is 8.44. The van der Waals surface area contributed by atoms with Gasteiger partial charge in [0, 0.05) is 52.7 Å². The molecule has 0 amide bonds. The van der Waals surface area contributed by atoms with Gasteiger partial charge >= 0.3 is 0 Å². The van der Waals surface area contributed by atoms with Gasteiger partial charge in [0.1, 0.15) is 0 Å². The highest BCUT2D eigenvalue weighted by Crippen LogP contribution is 2.28. The Morgan fingerprint density at radius 1 is 1.32 bits per heavy atom. The lowest BCUT2D eigenvalue weighted by molar-refractivity contribution is 0.700. The van der Waals surface area contributed by atoms with E-state index in [0.29, 0.717) is 5.25 Å². The predicted octanol–water partition coefficient (Wildman–Crippen LogP) is 2.38. The summed E-state index contributed by atoms with van der Waals surface area (Å²) in [6, 6.07) is 1.83. The largest absolute Gasteiger partial charge is 0.398 e. The summed E-state index contributed by atoms with van der Waals surface area (Å²) < 4.78 is 2.19. The minimum absolute atomic E-state index is 0.657. The van der Waals surface area contributed by atoms with Crippen molar-refractivity contribution in [3.63, 3.8) is 0 Å². The fourth-order valence-corrected chi connectivity index (χ4v) is 4.84. The van der Waals surface area contributed by atoms with E-state index in [9.17, 15) is 0 Å². The molecular weight excluding hydrogens is 276 g/mol. The second-order valence-corrected chi connectivity index (χ2v) is 7.02. The number of imidazole rings is 1. The summed E-state index contributed by atoms with van der Waals surface area (Å²) in [5.41, 5.74) is 8.80. The Balaban J connectivity index is 1.84. The molecule has 0 aromatic carbocycles. The number of pyridine rings is 1. The predicted molar refractivity (Wildman–Crippen MR) is 83.4 cm³/mol. The van der Waals surface area contributed by atoms with Gasteiger partial charge in [0.05, 0.1) is 18.2 Å². The minimum atomic E-state index is 0.657. The molecule has 2 aromatic heterocycles. The third kappa shape index (κ3) is 2.90. The normalized spacial score (nSPS) is 19.5. The maximum atomic E-state index is 6.02. The molecule has 0 spiro atoms. The van der Waals surface area contributed by atoms with Crippen molar-refractivity contribution in [2.75, 3.05) is 23.0 Å². The third-order valence-corrected chi connectivity index (χ3v) is 5.96. The molecule has 0 radical (unpaired) electrons. The SMILES string of the molecule is Nc1ccncc1-c1cncn1CC1CSCCS1. The van der Waals surface area contributed by atoms with Gasteiger partial charge < -0.3 is 10.3 Å². The van der Waals surface area contributed by atoms with Gasteiger partial charge in [-0.2, -0.15) is 23.5 Å². The molecule has 6 heteroatoms. The number of hydrogen-bond donors (Lipinski definition) is 1. The Hall–Kier alpha value is -1.14. The minimum Gasteiger partial charge on any atom is -0.398 e. The smallest absolute Gasteiger partial charge is 0.0951 e. The summed E-state index contributed by atoms with van der Waals surface area (Å²) in [6.07, 6.45) is 7.29. The molecule has 0 saturated carbocycles. The topological polar surface area (TPSA) is 56.7 Å². The van der Waals surface area contributed by atoms with E-state index in [1.165, 1.54) is 17.3 Å². The number of nitrogen functional groups attached to an aromatic ring is 1. The molecule has 3 rings (SSSR count). The van der Waals surface area contributed by atoms with Crippen LogP contribution in [0.15, 0.2) is 31.0 Å². The summed E-state index contributed by atoms with van der Waals surface area (Å²) in [4.78, 5) is 8.43. The second-order valence-electron chi connectivity index (χ2n) is 4.46. The molecule has 0 bridgehead atoms. The molecule has 0 aliphatic carbocycles. The van der Waals surface area contributed by atoms with Crippen LogP contribution in [0, 0.1) is 0 Å². The van der Waals surface area contributed by atoms with Gasteiger partial charge in [-0.15, -0.1) is 0 Å². The Morgan fingerprint density at radius 3 is 3.05 bits per heavy atom. The van der Waals surface area contributed by atoms with Crippen molar-refractivity contribution in [2.45, 2.75) is 11.8 Å². The van der Waals surface area contributed by atoms with E-state index in [0.717, 1.165) is 23.5 Å². The van der Waals surface area contributed by atoms with Gasteiger partial charge in [0.25, 0.3) is 0 Å². The van der Waals surface area contributed by atoms with Crippen molar-refractivity contribution < 1.29 is 0 Å². The average Bonchev–Trinajstić information content (AvgIpc) is 2.88. The number of aromatic nitrogens is 3. The molecule has 2 aromatic rings. The number of rotatable bonds is 3. The van der Waals surface area contributed by atoms with Crippen LogP contribution < -0.4 is 5.73 Å². The third-order valence-electron chi connectivity index (χ3n) is 3.13. The van der Waals surface area contributed by atoms with Crippen LogP contribution in [0.25, 0.3) is 11.3 Å². The van der Waals surface area contributed by atoms with Crippen molar-refractivity contribution in [2.24, 2.45) is 0 Å². The van der Waals surface area contributed by atoms with Crippen molar-refractivity contribution in [3.05, 3.63) is 31.0 Å². The van der Waals surface area contributed by atoms with Gasteiger partial charge in [-0.25, -0.2) is 4.98 Å². The van der Waals surface area contributed by atoms with Crippen LogP contribution >= 0.6 is 23.5 Å². The van der Waals surface area contributed by atoms with E-state index in [-0.39, 0.29) is 0 Å². The molecule has 100 valence electrons. The number of thioether (sulfide) groups is 2. The van der Waals surface area contributed by atoms with Gasteiger partial charge in [-0.05, 0) is 6.07 Å². The van der Waals surface area contributed by atoms with Crippen LogP contribution in [0.2, 0.25) is 0 Å². The van der Waals surface area contributed by atoms with E-state index < -0.39 is 0 Å². The van der Waals surface area contributed by atoms with Crippen molar-refractivity contribution in [3.8, 4) is 11.3 Å². The van der Waals surface area contributed by atoms with Crippen molar-refractivity contribution in [1.29, 1.82) is 0 Å². The lowest BCUT2D eigenvalue weighted by Gasteiger charge is -2.22. The molecule has 3 heterocycles. The highest BCUT2D eigenvalue weighted by atomic mass is 32.2. The molecule has 19 heavy (non-hydrogen) atoms. The van der Waals surface area contributed by atoms with Crippen LogP contribution in [-0.2, 0) is 6.54 Å². The fraction of sp³-hybridized carbons (Fsp3) is 0.385. The van der Waals surface area contributed by atoms with E-state index >= 15 is 0 Å². The number of anilines is 1. The maximum Gasteiger partial charge on any atom is 0.0951 e. The first-order valence-electron chi connectivity index (χ1n) is 6.24. The van der Waals surface area contributed by atoms with Gasteiger partial charge in [-0.1, -0.05) is 0 Å². The van der Waals surface area contributed by atoms with Gasteiger partial charge in [0.2, 0.25) is 0 Å². The summed E-state index contributed by atoms with van der Waals surface area (Å²) in [6.45, 7) is 0.987. The highest BCUT2D eigenvalue weighted by Gasteiger charge is 2.17. The molecule has 2 N–H and O–H groups in total. The summed E-state index contributed by atoms with van der Waals surface area (Å²) in [5, 5.41) is 0.657. The van der Waals surface area contributed by atoms with Crippen LogP contribution in [-0.4, -0.2) is 37.0 Å². The molecular formula is C13H16N4S2. The zero-order valence-corrected chi connectivity index (χ0v) is 12.2. The van der Waals surface area contributed by atoms with Crippen LogP contribution in [0.5, 0.6) is 0 Å². The molecule has 1 aliphatic heterocycles. The van der Waals surface area contributed by atoms with E-state index in [2.05, 4.69) is 26.3 Å². The lowest BCUT2D eigenvalue weighted by atomic mass is 10.2. The highest BCUT2D eigenvalue weighted by molar-refractivity contribution is 8.06. The number of nitrogens with zero attached hydrogens (tertiary/aromatic N) is 3. The van der Waals surface area contributed by atoms with Crippen molar-refractivity contribution >= 4 is 29.2 Å². The number of nitrogens with two attached hydrogens (primary N) is 1. The van der Waals surface area contributed by atoms with Crippen LogP contribution in [0.3, 0.4) is 0 Å². The second kappa shape index (κ2) is 5.88. The van der Waals surface area contributed by atoms with E-state index in [1.54, 1.807) is 6.20 Å². The Kier molecular flexibility index (Phi) is 3.98. The maximum absolute atomic E-state index is 6.02. The molecule has 1 saturated heterocycles. The van der Waals surface area contributed by atoms with Crippen LogP contribution in [0.1, 0.15) is 0 Å². The molecule has 1 fully saturated rings. The Labute approximate surface area is 121 Å². The van der Waals surface area contributed by atoms with Crippen LogP contribution in [0.4, 0.5) is 5.69 Å².